The van der Waals surface area contributed by atoms with Crippen molar-refractivity contribution in [2.24, 2.45) is 0 Å². The summed E-state index contributed by atoms with van der Waals surface area (Å²) in [5.74, 6) is 0.313. The lowest BCUT2D eigenvalue weighted by Gasteiger charge is -2.34. The van der Waals surface area contributed by atoms with Crippen LogP contribution in [0.1, 0.15) is 42.7 Å². The Morgan fingerprint density at radius 2 is 1.74 bits per heavy atom. The van der Waals surface area contributed by atoms with E-state index in [4.69, 9.17) is 4.42 Å². The van der Waals surface area contributed by atoms with Gasteiger partial charge in [0.25, 0.3) is 5.91 Å². The van der Waals surface area contributed by atoms with Crippen molar-refractivity contribution < 1.29 is 14.3 Å². The molecular weight excluding hydrogens is 342 g/mol. The van der Waals surface area contributed by atoms with Crippen LogP contribution in [0.15, 0.2) is 28.7 Å². The Labute approximate surface area is 160 Å². The van der Waals surface area contributed by atoms with Crippen molar-refractivity contribution in [2.75, 3.05) is 39.3 Å². The number of hydrogen-bond acceptors (Lipinski definition) is 5. The number of nitrogens with one attached hydrogen (secondary N) is 1. The second kappa shape index (κ2) is 8.31. The summed E-state index contributed by atoms with van der Waals surface area (Å²) in [6.45, 7) is 6.87. The summed E-state index contributed by atoms with van der Waals surface area (Å²) < 4.78 is 5.61. The molecule has 0 unspecified atom stereocenters. The first-order valence-corrected chi connectivity index (χ1v) is 10.2. The number of phenols is 1. The van der Waals surface area contributed by atoms with Crippen molar-refractivity contribution in [2.45, 2.75) is 38.1 Å². The van der Waals surface area contributed by atoms with Crippen LogP contribution < -0.4 is 5.32 Å². The maximum atomic E-state index is 12.5. The summed E-state index contributed by atoms with van der Waals surface area (Å²) >= 11 is 0. The highest BCUT2D eigenvalue weighted by Gasteiger charge is 2.23. The first-order valence-electron chi connectivity index (χ1n) is 10.2. The Morgan fingerprint density at radius 1 is 1.04 bits per heavy atom. The van der Waals surface area contributed by atoms with Crippen molar-refractivity contribution in [3.63, 3.8) is 0 Å². The second-order valence-electron chi connectivity index (χ2n) is 7.82. The lowest BCUT2D eigenvalue weighted by atomic mass is 10.0. The van der Waals surface area contributed by atoms with Crippen LogP contribution in [0.5, 0.6) is 5.75 Å². The Hall–Kier alpha value is -2.05. The molecular formula is C21H29N3O3. The van der Waals surface area contributed by atoms with Crippen LogP contribution in [-0.2, 0) is 0 Å². The third-order valence-electron chi connectivity index (χ3n) is 5.83. The highest BCUT2D eigenvalue weighted by atomic mass is 16.3. The zero-order valence-corrected chi connectivity index (χ0v) is 15.8. The Kier molecular flexibility index (Phi) is 5.64. The maximum absolute atomic E-state index is 12.5. The van der Waals surface area contributed by atoms with Gasteiger partial charge in [-0.2, -0.15) is 0 Å². The molecule has 2 N–H and O–H groups in total. The molecule has 1 aromatic carbocycles. The number of carbonyl (C=O) groups excluding carboxylic acids is 1. The third kappa shape index (κ3) is 4.62. The first kappa shape index (κ1) is 18.3. The lowest BCUT2D eigenvalue weighted by molar-refractivity contribution is 0.0879. The van der Waals surface area contributed by atoms with E-state index in [-0.39, 0.29) is 17.7 Å². The number of furan rings is 1. The lowest BCUT2D eigenvalue weighted by Crippen LogP contribution is -2.46. The van der Waals surface area contributed by atoms with Crippen molar-refractivity contribution in [3.8, 4) is 5.75 Å². The zero-order valence-electron chi connectivity index (χ0n) is 15.8. The highest BCUT2D eigenvalue weighted by Crippen LogP contribution is 2.24. The molecule has 2 saturated heterocycles. The number of benzene rings is 1. The molecule has 6 heteroatoms. The Morgan fingerprint density at radius 3 is 2.48 bits per heavy atom. The van der Waals surface area contributed by atoms with Crippen LogP contribution in [0.25, 0.3) is 11.0 Å². The molecule has 2 aliphatic rings. The van der Waals surface area contributed by atoms with Crippen LogP contribution in [0, 0.1) is 0 Å². The largest absolute Gasteiger partial charge is 0.508 e. The number of aromatic hydroxyl groups is 1. The van der Waals surface area contributed by atoms with Crippen LogP contribution >= 0.6 is 0 Å². The Bertz CT molecular complexity index is 774. The van der Waals surface area contributed by atoms with Crippen LogP contribution in [0.3, 0.4) is 0 Å². The molecule has 0 radical (unpaired) electrons. The van der Waals surface area contributed by atoms with E-state index in [9.17, 15) is 9.90 Å². The van der Waals surface area contributed by atoms with E-state index in [0.717, 1.165) is 37.9 Å². The molecule has 1 amide bonds. The number of piperidine rings is 2. The van der Waals surface area contributed by atoms with E-state index in [1.54, 1.807) is 24.3 Å². The molecule has 0 saturated carbocycles. The number of likely N-dealkylation sites (tertiary alicyclic amines) is 2. The molecule has 146 valence electrons. The summed E-state index contributed by atoms with van der Waals surface area (Å²) in [6, 6.07) is 6.75. The van der Waals surface area contributed by atoms with Crippen molar-refractivity contribution in [1.82, 2.24) is 15.1 Å². The first-order chi connectivity index (χ1) is 13.2. The van der Waals surface area contributed by atoms with Crippen molar-refractivity contribution in [1.29, 1.82) is 0 Å². The summed E-state index contributed by atoms with van der Waals surface area (Å²) in [6.07, 6.45) is 6.03. The van der Waals surface area contributed by atoms with E-state index in [1.165, 1.54) is 38.9 Å². The maximum Gasteiger partial charge on any atom is 0.287 e. The fourth-order valence-corrected chi connectivity index (χ4v) is 4.17. The molecule has 6 nitrogen and oxygen atoms in total. The molecule has 0 aliphatic carbocycles. The normalized spacial score (nSPS) is 20.1. The van der Waals surface area contributed by atoms with Gasteiger partial charge in [0.15, 0.2) is 5.76 Å². The molecule has 2 aliphatic heterocycles. The quantitative estimate of drug-likeness (QED) is 0.846. The molecule has 0 atom stereocenters. The summed E-state index contributed by atoms with van der Waals surface area (Å²) in [4.78, 5) is 17.6. The highest BCUT2D eigenvalue weighted by molar-refractivity contribution is 5.96. The molecule has 0 spiro atoms. The van der Waals surface area contributed by atoms with Gasteiger partial charge in [-0.05, 0) is 63.0 Å². The van der Waals surface area contributed by atoms with Crippen molar-refractivity contribution in [3.05, 3.63) is 30.0 Å². The Balaban J connectivity index is 1.24. The van der Waals surface area contributed by atoms with E-state index < -0.39 is 0 Å². The predicted octanol–water partition coefficient (Wildman–Crippen LogP) is 2.82. The topological polar surface area (TPSA) is 69.0 Å². The fraction of sp³-hybridized carbons (Fsp3) is 0.571. The minimum absolute atomic E-state index is 0.169. The third-order valence-corrected chi connectivity index (χ3v) is 5.83. The number of nitrogens with zero attached hydrogens (tertiary/aromatic N) is 2. The average molecular weight is 371 g/mol. The smallest absolute Gasteiger partial charge is 0.287 e. The number of rotatable bonds is 5. The van der Waals surface area contributed by atoms with Gasteiger partial charge in [-0.1, -0.05) is 6.42 Å². The minimum atomic E-state index is -0.169. The molecule has 2 fully saturated rings. The van der Waals surface area contributed by atoms with Crippen LogP contribution in [0.2, 0.25) is 0 Å². The summed E-state index contributed by atoms with van der Waals surface area (Å²) in [7, 11) is 0. The molecule has 4 rings (SSSR count). The molecule has 3 heterocycles. The predicted molar refractivity (Wildman–Crippen MR) is 105 cm³/mol. The van der Waals surface area contributed by atoms with Gasteiger partial charge in [-0.3, -0.25) is 4.79 Å². The fourth-order valence-electron chi connectivity index (χ4n) is 4.17. The number of hydrogen-bond donors (Lipinski definition) is 2. The number of amides is 1. The molecule has 27 heavy (non-hydrogen) atoms. The standard InChI is InChI=1S/C21H29N3O3/c25-18-4-5-19-16(14-18)15-20(27-19)21(26)22-17-6-10-24(11-7-17)13-12-23-8-2-1-3-9-23/h4-5,14-15,17,25H,1-3,6-13H2,(H,22,26). The van der Waals surface area contributed by atoms with Gasteiger partial charge in [-0.25, -0.2) is 0 Å². The van der Waals surface area contributed by atoms with Gasteiger partial charge < -0.3 is 24.6 Å². The molecule has 2 aromatic rings. The van der Waals surface area contributed by atoms with E-state index in [1.807, 2.05) is 0 Å². The van der Waals surface area contributed by atoms with Crippen molar-refractivity contribution >= 4 is 16.9 Å². The van der Waals surface area contributed by atoms with Gasteiger partial charge >= 0.3 is 0 Å². The monoisotopic (exact) mass is 371 g/mol. The van der Waals surface area contributed by atoms with Gasteiger partial charge in [0.05, 0.1) is 0 Å². The number of fused-ring (bicyclic) bond motifs is 1. The van der Waals surface area contributed by atoms with Gasteiger partial charge in [0.1, 0.15) is 11.3 Å². The summed E-state index contributed by atoms with van der Waals surface area (Å²) in [5.41, 5.74) is 0.616. The van der Waals surface area contributed by atoms with E-state index >= 15 is 0 Å². The van der Waals surface area contributed by atoms with Gasteiger partial charge in [0, 0.05) is 37.6 Å². The van der Waals surface area contributed by atoms with Crippen LogP contribution in [0.4, 0.5) is 0 Å². The molecule has 0 bridgehead atoms. The van der Waals surface area contributed by atoms with Gasteiger partial charge in [-0.15, -0.1) is 0 Å². The second-order valence-corrected chi connectivity index (χ2v) is 7.82. The average Bonchev–Trinajstić information content (AvgIpc) is 3.11. The summed E-state index contributed by atoms with van der Waals surface area (Å²) in [5, 5.41) is 13.4. The van der Waals surface area contributed by atoms with Crippen LogP contribution in [-0.4, -0.2) is 66.1 Å². The SMILES string of the molecule is O=C(NC1CCN(CCN2CCCCC2)CC1)c1cc2cc(O)ccc2o1. The van der Waals surface area contributed by atoms with E-state index in [0.29, 0.717) is 11.3 Å². The van der Waals surface area contributed by atoms with E-state index in [2.05, 4.69) is 15.1 Å². The molecule has 1 aromatic heterocycles. The number of carbonyl (C=O) groups is 1. The number of phenolic OH excluding ortho intramolecular Hbond substituents is 1. The van der Waals surface area contributed by atoms with Gasteiger partial charge in [0.2, 0.25) is 0 Å². The minimum Gasteiger partial charge on any atom is -0.508 e. The zero-order chi connectivity index (χ0) is 18.6.